The van der Waals surface area contributed by atoms with Crippen molar-refractivity contribution in [2.24, 2.45) is 11.8 Å². The summed E-state index contributed by atoms with van der Waals surface area (Å²) in [5.41, 5.74) is 0.676. The van der Waals surface area contributed by atoms with Crippen LogP contribution in [0.3, 0.4) is 0 Å². The lowest BCUT2D eigenvalue weighted by Crippen LogP contribution is -2.44. The Labute approximate surface area is 113 Å². The van der Waals surface area contributed by atoms with E-state index < -0.39 is 0 Å². The summed E-state index contributed by atoms with van der Waals surface area (Å²) < 4.78 is 0. The van der Waals surface area contributed by atoms with Crippen LogP contribution in [0.25, 0.3) is 0 Å². The molecule has 1 fully saturated rings. The zero-order valence-corrected chi connectivity index (χ0v) is 11.6. The quantitative estimate of drug-likeness (QED) is 0.823. The van der Waals surface area contributed by atoms with Gasteiger partial charge in [-0.2, -0.15) is 0 Å². The van der Waals surface area contributed by atoms with Crippen molar-refractivity contribution in [3.63, 3.8) is 0 Å². The fourth-order valence-corrected chi connectivity index (χ4v) is 2.77. The summed E-state index contributed by atoms with van der Waals surface area (Å²) in [6.07, 6.45) is 1.19. The highest BCUT2D eigenvalue weighted by Gasteiger charge is 2.25. The minimum absolute atomic E-state index is 0.0542. The minimum atomic E-state index is -0.0542. The van der Waals surface area contributed by atoms with Crippen LogP contribution in [0.4, 0.5) is 10.5 Å². The molecule has 1 heterocycles. The Morgan fingerprint density at radius 1 is 1.28 bits per heavy atom. The number of rotatable bonds is 1. The van der Waals surface area contributed by atoms with Gasteiger partial charge in [-0.3, -0.25) is 0 Å². The van der Waals surface area contributed by atoms with Crippen LogP contribution in [0.1, 0.15) is 20.3 Å². The highest BCUT2D eigenvalue weighted by atomic mass is 35.5. The summed E-state index contributed by atoms with van der Waals surface area (Å²) in [6, 6.07) is 7.25. The molecule has 1 aliphatic heterocycles. The molecule has 1 aliphatic rings. The number of carbonyl (C=O) groups is 1. The molecular weight excluding hydrogens is 248 g/mol. The number of halogens is 1. The third kappa shape index (κ3) is 3.16. The van der Waals surface area contributed by atoms with Crippen LogP contribution in [-0.4, -0.2) is 24.0 Å². The van der Waals surface area contributed by atoms with Crippen molar-refractivity contribution in [3.05, 3.63) is 29.3 Å². The molecule has 18 heavy (non-hydrogen) atoms. The molecule has 0 unspecified atom stereocenters. The van der Waals surface area contributed by atoms with Crippen molar-refractivity contribution in [1.29, 1.82) is 0 Å². The second-order valence-corrected chi connectivity index (χ2v) is 5.67. The summed E-state index contributed by atoms with van der Waals surface area (Å²) in [5.74, 6) is 1.12. The minimum Gasteiger partial charge on any atom is -0.324 e. The molecule has 1 saturated heterocycles. The molecule has 4 heteroatoms. The van der Waals surface area contributed by atoms with E-state index >= 15 is 0 Å². The Bertz CT molecular complexity index is 426. The number of piperidine rings is 1. The Kier molecular flexibility index (Phi) is 4.12. The van der Waals surface area contributed by atoms with Gasteiger partial charge in [-0.15, -0.1) is 0 Å². The standard InChI is InChI=1S/C14H19ClN2O/c1-10-7-11(2)9-17(8-10)14(18)16-13-6-4-3-5-12(13)15/h3-6,10-11H,7-9H2,1-2H3,(H,16,18)/t10-,11+. The topological polar surface area (TPSA) is 32.3 Å². The Morgan fingerprint density at radius 2 is 1.89 bits per heavy atom. The van der Waals surface area contributed by atoms with Crippen LogP contribution in [-0.2, 0) is 0 Å². The fraction of sp³-hybridized carbons (Fsp3) is 0.500. The zero-order valence-electron chi connectivity index (χ0n) is 10.8. The highest BCUT2D eigenvalue weighted by Crippen LogP contribution is 2.24. The summed E-state index contributed by atoms with van der Waals surface area (Å²) in [5, 5.41) is 3.45. The number of urea groups is 1. The van der Waals surface area contributed by atoms with Crippen LogP contribution < -0.4 is 5.32 Å². The van der Waals surface area contributed by atoms with Crippen molar-refractivity contribution in [1.82, 2.24) is 4.90 Å². The predicted molar refractivity (Wildman–Crippen MR) is 75.0 cm³/mol. The van der Waals surface area contributed by atoms with Crippen molar-refractivity contribution in [2.45, 2.75) is 20.3 Å². The number of carbonyl (C=O) groups excluding carboxylic acids is 1. The van der Waals surface area contributed by atoms with Gasteiger partial charge in [-0.05, 0) is 30.4 Å². The fourth-order valence-electron chi connectivity index (χ4n) is 2.59. The van der Waals surface area contributed by atoms with Gasteiger partial charge >= 0.3 is 6.03 Å². The molecule has 1 aromatic carbocycles. The van der Waals surface area contributed by atoms with E-state index in [2.05, 4.69) is 19.2 Å². The molecule has 3 nitrogen and oxygen atoms in total. The molecule has 1 aromatic rings. The maximum Gasteiger partial charge on any atom is 0.321 e. The number of para-hydroxylation sites is 1. The summed E-state index contributed by atoms with van der Waals surface area (Å²) in [7, 11) is 0. The number of benzene rings is 1. The predicted octanol–water partition coefficient (Wildman–Crippen LogP) is 3.85. The zero-order chi connectivity index (χ0) is 13.1. The third-order valence-electron chi connectivity index (χ3n) is 3.27. The first-order valence-corrected chi connectivity index (χ1v) is 6.74. The summed E-state index contributed by atoms with van der Waals surface area (Å²) in [4.78, 5) is 14.0. The van der Waals surface area contributed by atoms with E-state index in [1.165, 1.54) is 6.42 Å². The van der Waals surface area contributed by atoms with Crippen LogP contribution in [0.15, 0.2) is 24.3 Å². The van der Waals surface area contributed by atoms with Gasteiger partial charge in [-0.25, -0.2) is 4.79 Å². The SMILES string of the molecule is C[C@@H]1C[C@H](C)CN(C(=O)Nc2ccccc2Cl)C1. The largest absolute Gasteiger partial charge is 0.324 e. The first-order chi connectivity index (χ1) is 8.56. The molecule has 0 spiro atoms. The number of nitrogens with one attached hydrogen (secondary N) is 1. The van der Waals surface area contributed by atoms with E-state index in [0.29, 0.717) is 22.5 Å². The van der Waals surface area contributed by atoms with E-state index in [1.807, 2.05) is 23.1 Å². The van der Waals surface area contributed by atoms with Crippen LogP contribution >= 0.6 is 11.6 Å². The molecular formula is C14H19ClN2O. The molecule has 0 saturated carbocycles. The Balaban J connectivity index is 2.02. The lowest BCUT2D eigenvalue weighted by atomic mass is 9.92. The molecule has 0 aliphatic carbocycles. The maximum absolute atomic E-state index is 12.2. The van der Waals surface area contributed by atoms with E-state index in [1.54, 1.807) is 6.07 Å². The number of hydrogen-bond acceptors (Lipinski definition) is 1. The van der Waals surface area contributed by atoms with Gasteiger partial charge < -0.3 is 10.2 Å². The number of amides is 2. The lowest BCUT2D eigenvalue weighted by molar-refractivity contribution is 0.156. The van der Waals surface area contributed by atoms with Gasteiger partial charge in [0.05, 0.1) is 10.7 Å². The van der Waals surface area contributed by atoms with Crippen LogP contribution in [0.2, 0.25) is 5.02 Å². The van der Waals surface area contributed by atoms with Gasteiger partial charge in [0.1, 0.15) is 0 Å². The second kappa shape index (κ2) is 5.61. The Morgan fingerprint density at radius 3 is 2.50 bits per heavy atom. The molecule has 0 bridgehead atoms. The van der Waals surface area contributed by atoms with Gasteiger partial charge in [0.25, 0.3) is 0 Å². The third-order valence-corrected chi connectivity index (χ3v) is 3.60. The number of hydrogen-bond donors (Lipinski definition) is 1. The molecule has 98 valence electrons. The molecule has 0 radical (unpaired) electrons. The van der Waals surface area contributed by atoms with Crippen LogP contribution in [0.5, 0.6) is 0 Å². The number of nitrogens with zero attached hydrogens (tertiary/aromatic N) is 1. The molecule has 2 rings (SSSR count). The first kappa shape index (κ1) is 13.2. The smallest absolute Gasteiger partial charge is 0.321 e. The normalized spacial score (nSPS) is 23.8. The average molecular weight is 267 g/mol. The van der Waals surface area contributed by atoms with Gasteiger partial charge in [0.15, 0.2) is 0 Å². The lowest BCUT2D eigenvalue weighted by Gasteiger charge is -2.35. The molecule has 2 atom stereocenters. The van der Waals surface area contributed by atoms with Crippen LogP contribution in [0, 0.1) is 11.8 Å². The Hall–Kier alpha value is -1.22. The summed E-state index contributed by atoms with van der Waals surface area (Å²) in [6.45, 7) is 6.01. The molecule has 2 amide bonds. The van der Waals surface area contributed by atoms with Gasteiger partial charge in [0, 0.05) is 13.1 Å². The maximum atomic E-state index is 12.2. The van der Waals surface area contributed by atoms with E-state index in [9.17, 15) is 4.79 Å². The number of likely N-dealkylation sites (tertiary alicyclic amines) is 1. The van der Waals surface area contributed by atoms with Gasteiger partial charge in [-0.1, -0.05) is 37.6 Å². The average Bonchev–Trinajstić information content (AvgIpc) is 2.31. The highest BCUT2D eigenvalue weighted by molar-refractivity contribution is 6.33. The summed E-state index contributed by atoms with van der Waals surface area (Å²) >= 11 is 6.03. The monoisotopic (exact) mass is 266 g/mol. The van der Waals surface area contributed by atoms with Crippen molar-refractivity contribution < 1.29 is 4.79 Å². The molecule has 0 aromatic heterocycles. The van der Waals surface area contributed by atoms with Crippen molar-refractivity contribution >= 4 is 23.3 Å². The molecule has 1 N–H and O–H groups in total. The van der Waals surface area contributed by atoms with Crippen molar-refractivity contribution in [3.8, 4) is 0 Å². The van der Waals surface area contributed by atoms with E-state index in [4.69, 9.17) is 11.6 Å². The number of anilines is 1. The second-order valence-electron chi connectivity index (χ2n) is 5.26. The van der Waals surface area contributed by atoms with Crippen molar-refractivity contribution in [2.75, 3.05) is 18.4 Å². The van der Waals surface area contributed by atoms with E-state index in [-0.39, 0.29) is 6.03 Å². The van der Waals surface area contributed by atoms with E-state index in [0.717, 1.165) is 13.1 Å². The first-order valence-electron chi connectivity index (χ1n) is 6.36. The van der Waals surface area contributed by atoms with Gasteiger partial charge in [0.2, 0.25) is 0 Å².